The maximum Gasteiger partial charge on any atom is 0.137 e. The SMILES string of the molecule is CCCOc1cncc(C(C)(O)COC)c1. The number of ether oxygens (including phenoxy) is 2. The van der Waals surface area contributed by atoms with Gasteiger partial charge in [0.1, 0.15) is 11.4 Å². The second kappa shape index (κ2) is 5.82. The minimum absolute atomic E-state index is 0.228. The van der Waals surface area contributed by atoms with Gasteiger partial charge in [0.2, 0.25) is 0 Å². The molecule has 0 saturated heterocycles. The van der Waals surface area contributed by atoms with E-state index < -0.39 is 5.60 Å². The van der Waals surface area contributed by atoms with Crippen LogP contribution in [0.5, 0.6) is 5.75 Å². The number of aliphatic hydroxyl groups is 1. The van der Waals surface area contributed by atoms with Gasteiger partial charge < -0.3 is 14.6 Å². The third kappa shape index (κ3) is 3.47. The molecule has 0 amide bonds. The van der Waals surface area contributed by atoms with Crippen LogP contribution in [0.2, 0.25) is 0 Å². The minimum Gasteiger partial charge on any atom is -0.492 e. The molecule has 1 aromatic heterocycles. The van der Waals surface area contributed by atoms with Crippen LogP contribution in [-0.2, 0) is 10.3 Å². The van der Waals surface area contributed by atoms with E-state index in [0.717, 1.165) is 6.42 Å². The van der Waals surface area contributed by atoms with Crippen LogP contribution < -0.4 is 4.74 Å². The highest BCUT2D eigenvalue weighted by Gasteiger charge is 2.23. The van der Waals surface area contributed by atoms with Crippen LogP contribution >= 0.6 is 0 Å². The van der Waals surface area contributed by atoms with Gasteiger partial charge in [-0.05, 0) is 19.4 Å². The molecule has 0 aromatic carbocycles. The van der Waals surface area contributed by atoms with E-state index in [1.807, 2.05) is 6.92 Å². The van der Waals surface area contributed by atoms with Gasteiger partial charge in [-0.2, -0.15) is 0 Å². The topological polar surface area (TPSA) is 51.6 Å². The van der Waals surface area contributed by atoms with Gasteiger partial charge in [-0.3, -0.25) is 4.98 Å². The number of methoxy groups -OCH3 is 1. The number of nitrogens with zero attached hydrogens (tertiary/aromatic N) is 1. The first-order valence-electron chi connectivity index (χ1n) is 5.40. The van der Waals surface area contributed by atoms with Crippen molar-refractivity contribution in [1.82, 2.24) is 4.98 Å². The van der Waals surface area contributed by atoms with E-state index in [-0.39, 0.29) is 6.61 Å². The maximum absolute atomic E-state index is 10.1. The van der Waals surface area contributed by atoms with Crippen LogP contribution in [0.1, 0.15) is 25.8 Å². The van der Waals surface area contributed by atoms with Crippen molar-refractivity contribution in [3.63, 3.8) is 0 Å². The average Bonchev–Trinajstić information content (AvgIpc) is 2.27. The van der Waals surface area contributed by atoms with E-state index in [9.17, 15) is 5.11 Å². The quantitative estimate of drug-likeness (QED) is 0.801. The first-order chi connectivity index (χ1) is 7.60. The average molecular weight is 225 g/mol. The molecule has 0 bridgehead atoms. The van der Waals surface area contributed by atoms with Gasteiger partial charge in [0.05, 0.1) is 19.4 Å². The van der Waals surface area contributed by atoms with Crippen molar-refractivity contribution in [2.24, 2.45) is 0 Å². The van der Waals surface area contributed by atoms with Crippen LogP contribution in [0.15, 0.2) is 18.5 Å². The molecule has 0 aliphatic carbocycles. The standard InChI is InChI=1S/C12H19NO3/c1-4-5-16-11-6-10(7-13-8-11)12(2,14)9-15-3/h6-8,14H,4-5,9H2,1-3H3. The number of rotatable bonds is 6. The molecule has 4 heteroatoms. The zero-order valence-electron chi connectivity index (χ0n) is 10.1. The predicted molar refractivity (Wildman–Crippen MR) is 61.5 cm³/mol. The van der Waals surface area contributed by atoms with E-state index in [2.05, 4.69) is 4.98 Å². The summed E-state index contributed by atoms with van der Waals surface area (Å²) in [5, 5.41) is 10.1. The summed E-state index contributed by atoms with van der Waals surface area (Å²) >= 11 is 0. The Morgan fingerprint density at radius 2 is 2.19 bits per heavy atom. The predicted octanol–water partition coefficient (Wildman–Crippen LogP) is 1.72. The van der Waals surface area contributed by atoms with Crippen molar-refractivity contribution >= 4 is 0 Å². The van der Waals surface area contributed by atoms with Gasteiger partial charge in [0, 0.05) is 18.9 Å². The molecule has 0 saturated carbocycles. The Bertz CT molecular complexity index is 326. The number of hydrogen-bond acceptors (Lipinski definition) is 4. The van der Waals surface area contributed by atoms with Crippen LogP contribution in [0.25, 0.3) is 0 Å². The molecule has 0 spiro atoms. The number of aromatic nitrogens is 1. The van der Waals surface area contributed by atoms with Gasteiger partial charge >= 0.3 is 0 Å². The van der Waals surface area contributed by atoms with Gasteiger partial charge in [0.15, 0.2) is 0 Å². The van der Waals surface area contributed by atoms with E-state index >= 15 is 0 Å². The maximum atomic E-state index is 10.1. The molecule has 16 heavy (non-hydrogen) atoms. The monoisotopic (exact) mass is 225 g/mol. The van der Waals surface area contributed by atoms with E-state index in [1.54, 1.807) is 32.5 Å². The third-order valence-electron chi connectivity index (χ3n) is 2.23. The molecule has 1 heterocycles. The van der Waals surface area contributed by atoms with Gasteiger partial charge in [0.25, 0.3) is 0 Å². The summed E-state index contributed by atoms with van der Waals surface area (Å²) in [5.41, 5.74) is -0.337. The molecule has 90 valence electrons. The highest BCUT2D eigenvalue weighted by atomic mass is 16.5. The lowest BCUT2D eigenvalue weighted by Gasteiger charge is -2.22. The fourth-order valence-electron chi connectivity index (χ4n) is 1.38. The Kier molecular flexibility index (Phi) is 4.71. The molecule has 1 atom stereocenters. The van der Waals surface area contributed by atoms with E-state index in [4.69, 9.17) is 9.47 Å². The smallest absolute Gasteiger partial charge is 0.137 e. The highest BCUT2D eigenvalue weighted by Crippen LogP contribution is 2.23. The Hall–Kier alpha value is -1.13. The fraction of sp³-hybridized carbons (Fsp3) is 0.583. The van der Waals surface area contributed by atoms with Crippen LogP contribution in [-0.4, -0.2) is 30.4 Å². The fourth-order valence-corrected chi connectivity index (χ4v) is 1.38. The summed E-state index contributed by atoms with van der Waals surface area (Å²) in [6.45, 7) is 4.61. The van der Waals surface area contributed by atoms with E-state index in [1.165, 1.54) is 0 Å². The molecule has 1 N–H and O–H groups in total. The second-order valence-corrected chi connectivity index (χ2v) is 3.96. The van der Waals surface area contributed by atoms with Gasteiger partial charge in [-0.25, -0.2) is 0 Å². The Morgan fingerprint density at radius 1 is 1.44 bits per heavy atom. The Balaban J connectivity index is 2.80. The van der Waals surface area contributed by atoms with Crippen molar-refractivity contribution in [1.29, 1.82) is 0 Å². The van der Waals surface area contributed by atoms with Crippen molar-refractivity contribution in [2.75, 3.05) is 20.3 Å². The van der Waals surface area contributed by atoms with Crippen LogP contribution in [0, 0.1) is 0 Å². The zero-order chi connectivity index (χ0) is 12.0. The van der Waals surface area contributed by atoms with Crippen molar-refractivity contribution in [3.8, 4) is 5.75 Å². The number of pyridine rings is 1. The lowest BCUT2D eigenvalue weighted by Crippen LogP contribution is -2.27. The second-order valence-electron chi connectivity index (χ2n) is 3.96. The summed E-state index contributed by atoms with van der Waals surface area (Å²) in [6.07, 6.45) is 4.21. The van der Waals surface area contributed by atoms with Gasteiger partial charge in [-0.15, -0.1) is 0 Å². The normalized spacial score (nSPS) is 14.5. The molecule has 0 aliphatic rings. The molecule has 0 radical (unpaired) electrons. The Morgan fingerprint density at radius 3 is 2.81 bits per heavy atom. The molecule has 0 fully saturated rings. The molecular weight excluding hydrogens is 206 g/mol. The van der Waals surface area contributed by atoms with Crippen molar-refractivity contribution in [3.05, 3.63) is 24.0 Å². The van der Waals surface area contributed by atoms with Gasteiger partial charge in [-0.1, -0.05) is 6.92 Å². The van der Waals surface area contributed by atoms with Crippen molar-refractivity contribution in [2.45, 2.75) is 25.9 Å². The summed E-state index contributed by atoms with van der Waals surface area (Å²) in [7, 11) is 1.55. The lowest BCUT2D eigenvalue weighted by molar-refractivity contribution is -0.0212. The summed E-state index contributed by atoms with van der Waals surface area (Å²) in [4.78, 5) is 4.05. The molecular formula is C12H19NO3. The summed E-state index contributed by atoms with van der Waals surface area (Å²) < 4.78 is 10.4. The third-order valence-corrected chi connectivity index (χ3v) is 2.23. The minimum atomic E-state index is -1.03. The molecule has 4 nitrogen and oxygen atoms in total. The van der Waals surface area contributed by atoms with Crippen LogP contribution in [0.3, 0.4) is 0 Å². The largest absolute Gasteiger partial charge is 0.492 e. The Labute approximate surface area is 96.2 Å². The zero-order valence-corrected chi connectivity index (χ0v) is 10.1. The van der Waals surface area contributed by atoms with Crippen LogP contribution in [0.4, 0.5) is 0 Å². The first-order valence-corrected chi connectivity index (χ1v) is 5.40. The van der Waals surface area contributed by atoms with Crippen molar-refractivity contribution < 1.29 is 14.6 Å². The molecule has 1 aromatic rings. The first kappa shape index (κ1) is 12.9. The summed E-state index contributed by atoms with van der Waals surface area (Å²) in [6, 6.07) is 1.79. The number of hydrogen-bond donors (Lipinski definition) is 1. The lowest BCUT2D eigenvalue weighted by atomic mass is 9.99. The molecule has 1 rings (SSSR count). The molecule has 0 aliphatic heterocycles. The van der Waals surface area contributed by atoms with E-state index in [0.29, 0.717) is 17.9 Å². The highest BCUT2D eigenvalue weighted by molar-refractivity contribution is 5.27. The molecule has 1 unspecified atom stereocenters. The summed E-state index contributed by atoms with van der Waals surface area (Å²) in [5.74, 6) is 0.677.